The lowest BCUT2D eigenvalue weighted by Gasteiger charge is -2.51. The molecule has 0 saturated carbocycles. The van der Waals surface area contributed by atoms with E-state index < -0.39 is 32.8 Å². The van der Waals surface area contributed by atoms with E-state index in [9.17, 15) is 26.4 Å². The van der Waals surface area contributed by atoms with Crippen LogP contribution < -0.4 is 0 Å². The molecule has 0 aromatic heterocycles. The standard InChI is InChI=1S/C28H43F3N2O4S/c1-6-21(9-12-25(30)31)24-18-32(17-20(2)29)19-28(37-24)13-15-33(16-14-28)26(34)22-7-10-23(11-8-22)38(35,36)27(3,4)5/h7-8,10-11,20-21,24-25H,6,9,12-19H2,1-5H3. The lowest BCUT2D eigenvalue weighted by atomic mass is 9.85. The SMILES string of the molecule is CCC(CCC(F)F)C1CN(CC(C)F)CC2(CCN(C(=O)c3ccc(S(=O)(=O)C(C)(C)C)cc3)CC2)O1. The predicted molar refractivity (Wildman–Crippen MR) is 142 cm³/mol. The Morgan fingerprint density at radius 2 is 1.71 bits per heavy atom. The van der Waals surface area contributed by atoms with Crippen molar-refractivity contribution in [2.24, 2.45) is 5.92 Å². The Balaban J connectivity index is 1.70. The number of amides is 1. The molecule has 216 valence electrons. The molecule has 2 aliphatic heterocycles. The number of hydrogen-bond donors (Lipinski definition) is 0. The van der Waals surface area contributed by atoms with Crippen LogP contribution in [0.15, 0.2) is 29.2 Å². The third-order valence-corrected chi connectivity index (χ3v) is 10.4. The molecule has 0 aliphatic carbocycles. The number of alkyl halides is 3. The van der Waals surface area contributed by atoms with Crippen molar-refractivity contribution in [1.29, 1.82) is 0 Å². The van der Waals surface area contributed by atoms with Crippen molar-refractivity contribution >= 4 is 15.7 Å². The van der Waals surface area contributed by atoms with Crippen molar-refractivity contribution in [3.63, 3.8) is 0 Å². The summed E-state index contributed by atoms with van der Waals surface area (Å²) < 4.78 is 70.9. The van der Waals surface area contributed by atoms with Crippen molar-refractivity contribution in [3.8, 4) is 0 Å². The van der Waals surface area contributed by atoms with Crippen LogP contribution in [0.1, 0.15) is 77.1 Å². The van der Waals surface area contributed by atoms with Gasteiger partial charge in [-0.15, -0.1) is 0 Å². The Bertz CT molecular complexity index is 1030. The summed E-state index contributed by atoms with van der Waals surface area (Å²) in [5, 5.41) is 0. The fraction of sp³-hybridized carbons (Fsp3) is 0.750. The Kier molecular flexibility index (Phi) is 9.96. The maximum absolute atomic E-state index is 14.0. The Hall–Kier alpha value is -1.65. The number of hydrogen-bond acceptors (Lipinski definition) is 5. The van der Waals surface area contributed by atoms with E-state index in [0.717, 1.165) is 0 Å². The van der Waals surface area contributed by atoms with Gasteiger partial charge in [-0.05, 0) is 77.1 Å². The number of benzene rings is 1. The molecule has 1 aromatic rings. The molecule has 1 aromatic carbocycles. The first-order valence-corrected chi connectivity index (χ1v) is 15.1. The minimum Gasteiger partial charge on any atom is -0.369 e. The first-order valence-electron chi connectivity index (χ1n) is 13.6. The van der Waals surface area contributed by atoms with Gasteiger partial charge in [0.15, 0.2) is 9.84 Å². The minimum absolute atomic E-state index is 0.0406. The topological polar surface area (TPSA) is 66.9 Å². The molecule has 10 heteroatoms. The van der Waals surface area contributed by atoms with Crippen molar-refractivity contribution in [2.45, 2.75) is 101 Å². The van der Waals surface area contributed by atoms with Crippen LogP contribution in [0.5, 0.6) is 0 Å². The van der Waals surface area contributed by atoms with Crippen molar-refractivity contribution in [2.75, 3.05) is 32.7 Å². The third-order valence-electron chi connectivity index (χ3n) is 7.85. The van der Waals surface area contributed by atoms with Gasteiger partial charge >= 0.3 is 0 Å². The second-order valence-corrected chi connectivity index (χ2v) is 14.6. The number of morpholine rings is 1. The lowest BCUT2D eigenvalue weighted by Crippen LogP contribution is -2.61. The summed E-state index contributed by atoms with van der Waals surface area (Å²) in [5.41, 5.74) is -0.139. The number of carbonyl (C=O) groups excluding carboxylic acids is 1. The van der Waals surface area contributed by atoms with E-state index in [1.54, 1.807) is 37.8 Å². The molecule has 2 heterocycles. The van der Waals surface area contributed by atoms with E-state index >= 15 is 0 Å². The van der Waals surface area contributed by atoms with Gasteiger partial charge in [0.2, 0.25) is 6.43 Å². The van der Waals surface area contributed by atoms with E-state index in [0.29, 0.717) is 57.4 Å². The van der Waals surface area contributed by atoms with Gasteiger partial charge in [-0.3, -0.25) is 9.69 Å². The maximum atomic E-state index is 14.0. The first-order chi connectivity index (χ1) is 17.7. The van der Waals surface area contributed by atoms with Crippen molar-refractivity contribution in [1.82, 2.24) is 9.80 Å². The molecule has 2 fully saturated rings. The Morgan fingerprint density at radius 1 is 1.11 bits per heavy atom. The Morgan fingerprint density at radius 3 is 2.21 bits per heavy atom. The Labute approximate surface area is 225 Å². The molecule has 3 rings (SSSR count). The monoisotopic (exact) mass is 560 g/mol. The molecular weight excluding hydrogens is 517 g/mol. The first kappa shape index (κ1) is 30.9. The van der Waals surface area contributed by atoms with E-state index in [1.807, 2.05) is 6.92 Å². The number of sulfone groups is 1. The van der Waals surface area contributed by atoms with Gasteiger partial charge in [0, 0.05) is 44.7 Å². The number of ether oxygens (including phenoxy) is 1. The van der Waals surface area contributed by atoms with E-state index in [1.165, 1.54) is 19.1 Å². The fourth-order valence-corrected chi connectivity index (χ4v) is 6.76. The van der Waals surface area contributed by atoms with Crippen LogP contribution in [0, 0.1) is 5.92 Å². The zero-order chi connectivity index (χ0) is 28.3. The number of carbonyl (C=O) groups is 1. The normalized spacial score (nSPS) is 22.6. The highest BCUT2D eigenvalue weighted by Gasteiger charge is 2.45. The highest BCUT2D eigenvalue weighted by molar-refractivity contribution is 7.92. The molecule has 3 unspecified atom stereocenters. The van der Waals surface area contributed by atoms with Gasteiger partial charge in [-0.25, -0.2) is 21.6 Å². The average molecular weight is 561 g/mol. The molecule has 6 nitrogen and oxygen atoms in total. The van der Waals surface area contributed by atoms with E-state index in [-0.39, 0.29) is 35.8 Å². The number of piperidine rings is 1. The molecule has 3 atom stereocenters. The fourth-order valence-electron chi connectivity index (χ4n) is 5.56. The summed E-state index contributed by atoms with van der Waals surface area (Å²) in [4.78, 5) is 17.2. The minimum atomic E-state index is -3.51. The van der Waals surface area contributed by atoms with Crippen LogP contribution in [0.3, 0.4) is 0 Å². The molecule has 1 spiro atoms. The van der Waals surface area contributed by atoms with Crippen molar-refractivity contribution < 1.29 is 31.1 Å². The van der Waals surface area contributed by atoms with Gasteiger partial charge in [0.25, 0.3) is 5.91 Å². The molecule has 38 heavy (non-hydrogen) atoms. The smallest absolute Gasteiger partial charge is 0.253 e. The molecule has 2 aliphatic rings. The molecule has 0 N–H and O–H groups in total. The summed E-state index contributed by atoms with van der Waals surface area (Å²) in [7, 11) is -3.51. The van der Waals surface area contributed by atoms with E-state index in [4.69, 9.17) is 4.74 Å². The van der Waals surface area contributed by atoms with Crippen LogP contribution in [0.25, 0.3) is 0 Å². The predicted octanol–water partition coefficient (Wildman–Crippen LogP) is 5.36. The number of nitrogens with zero attached hydrogens (tertiary/aromatic N) is 2. The summed E-state index contributed by atoms with van der Waals surface area (Å²) in [6.45, 7) is 10.6. The van der Waals surface area contributed by atoms with Crippen LogP contribution in [0.4, 0.5) is 13.2 Å². The summed E-state index contributed by atoms with van der Waals surface area (Å²) in [6.07, 6.45) is -1.62. The molecule has 1 amide bonds. The van der Waals surface area contributed by atoms with Crippen LogP contribution in [-0.2, 0) is 14.6 Å². The quantitative estimate of drug-likeness (QED) is 0.407. The van der Waals surface area contributed by atoms with Gasteiger partial charge in [0.1, 0.15) is 6.17 Å². The van der Waals surface area contributed by atoms with Crippen LogP contribution >= 0.6 is 0 Å². The highest BCUT2D eigenvalue weighted by atomic mass is 32.2. The zero-order valence-corrected chi connectivity index (χ0v) is 24.1. The number of likely N-dealkylation sites (tertiary alicyclic amines) is 1. The second-order valence-electron chi connectivity index (χ2n) is 11.9. The number of halogens is 3. The summed E-state index contributed by atoms with van der Waals surface area (Å²) in [5.74, 6) is -0.217. The molecule has 2 saturated heterocycles. The van der Waals surface area contributed by atoms with Crippen LogP contribution in [0.2, 0.25) is 0 Å². The third kappa shape index (κ3) is 7.30. The second kappa shape index (κ2) is 12.3. The molecule has 0 radical (unpaired) electrons. The molecular formula is C28H43F3N2O4S. The van der Waals surface area contributed by atoms with Crippen molar-refractivity contribution in [3.05, 3.63) is 29.8 Å². The van der Waals surface area contributed by atoms with Gasteiger partial charge < -0.3 is 9.64 Å². The van der Waals surface area contributed by atoms with Gasteiger partial charge in [-0.2, -0.15) is 0 Å². The average Bonchev–Trinajstić information content (AvgIpc) is 2.83. The maximum Gasteiger partial charge on any atom is 0.253 e. The van der Waals surface area contributed by atoms with E-state index in [2.05, 4.69) is 4.90 Å². The lowest BCUT2D eigenvalue weighted by molar-refractivity contribution is -0.191. The summed E-state index contributed by atoms with van der Waals surface area (Å²) in [6, 6.07) is 6.07. The van der Waals surface area contributed by atoms with Gasteiger partial charge in [0.05, 0.1) is 21.3 Å². The van der Waals surface area contributed by atoms with Crippen LogP contribution in [-0.4, -0.2) is 85.9 Å². The number of rotatable bonds is 9. The zero-order valence-electron chi connectivity index (χ0n) is 23.3. The summed E-state index contributed by atoms with van der Waals surface area (Å²) >= 11 is 0. The van der Waals surface area contributed by atoms with Gasteiger partial charge in [-0.1, -0.05) is 13.3 Å². The molecule has 0 bridgehead atoms. The largest absolute Gasteiger partial charge is 0.369 e. The highest BCUT2D eigenvalue weighted by Crippen LogP contribution is 2.37.